The van der Waals surface area contributed by atoms with Crippen LogP contribution in [-0.4, -0.2) is 73.2 Å². The molecule has 142 valence electrons. The van der Waals surface area contributed by atoms with Crippen molar-refractivity contribution in [2.24, 2.45) is 0 Å². The molecule has 1 aromatic carbocycles. The van der Waals surface area contributed by atoms with Crippen LogP contribution in [0.1, 0.15) is 25.7 Å². The summed E-state index contributed by atoms with van der Waals surface area (Å²) in [6.07, 6.45) is 4.41. The number of hydrogen-bond acceptors (Lipinski definition) is 6. The number of likely N-dealkylation sites (N-methyl/N-ethyl adjacent to an activating group) is 1. The Morgan fingerprint density at radius 3 is 2.35 bits per heavy atom. The normalized spacial score (nSPS) is 23.2. The minimum absolute atomic E-state index is 0.0931. The van der Waals surface area contributed by atoms with Gasteiger partial charge in [0.1, 0.15) is 0 Å². The number of anilines is 1. The maximum Gasteiger partial charge on any atom is 0.312 e. The summed E-state index contributed by atoms with van der Waals surface area (Å²) in [4.78, 5) is 18.4. The maximum absolute atomic E-state index is 11.4. The first-order valence-electron chi connectivity index (χ1n) is 9.73. The van der Waals surface area contributed by atoms with Gasteiger partial charge in [0, 0.05) is 57.1 Å². The van der Waals surface area contributed by atoms with Crippen LogP contribution in [-0.2, 0) is 0 Å². The Morgan fingerprint density at radius 1 is 1.04 bits per heavy atom. The first-order chi connectivity index (χ1) is 12.6. The predicted octanol–water partition coefficient (Wildman–Crippen LogP) is 2.35. The van der Waals surface area contributed by atoms with Crippen LogP contribution < -0.4 is 9.64 Å². The van der Waals surface area contributed by atoms with E-state index in [0.717, 1.165) is 70.6 Å². The van der Waals surface area contributed by atoms with E-state index < -0.39 is 0 Å². The van der Waals surface area contributed by atoms with Gasteiger partial charge < -0.3 is 14.5 Å². The van der Waals surface area contributed by atoms with Crippen molar-refractivity contribution in [3.63, 3.8) is 0 Å². The van der Waals surface area contributed by atoms with E-state index >= 15 is 0 Å². The number of rotatable bonds is 5. The van der Waals surface area contributed by atoms with E-state index in [9.17, 15) is 10.1 Å². The highest BCUT2D eigenvalue weighted by Gasteiger charge is 2.30. The number of nitrogens with zero attached hydrogens (tertiary/aromatic N) is 4. The molecule has 0 unspecified atom stereocenters. The Bertz CT molecular complexity index is 648. The number of nitro groups is 1. The van der Waals surface area contributed by atoms with Crippen LogP contribution in [0.4, 0.5) is 11.4 Å². The van der Waals surface area contributed by atoms with Gasteiger partial charge in [0.25, 0.3) is 0 Å². The first-order valence-corrected chi connectivity index (χ1v) is 9.73. The molecular weight excluding hydrogens is 332 g/mol. The van der Waals surface area contributed by atoms with E-state index in [4.69, 9.17) is 4.74 Å². The van der Waals surface area contributed by atoms with Crippen molar-refractivity contribution in [2.75, 3.05) is 51.2 Å². The maximum atomic E-state index is 11.4. The van der Waals surface area contributed by atoms with Crippen molar-refractivity contribution < 1.29 is 9.66 Å². The molecule has 0 spiro atoms. The molecule has 7 nitrogen and oxygen atoms in total. The van der Waals surface area contributed by atoms with Crippen molar-refractivity contribution in [1.29, 1.82) is 0 Å². The molecule has 0 radical (unpaired) electrons. The third kappa shape index (κ3) is 3.94. The van der Waals surface area contributed by atoms with Crippen molar-refractivity contribution >= 4 is 11.4 Å². The van der Waals surface area contributed by atoms with Gasteiger partial charge in [-0.25, -0.2) is 0 Å². The largest absolute Gasteiger partial charge is 0.483 e. The second-order valence-electron chi connectivity index (χ2n) is 7.78. The molecule has 0 atom stereocenters. The van der Waals surface area contributed by atoms with E-state index in [1.807, 2.05) is 6.07 Å². The summed E-state index contributed by atoms with van der Waals surface area (Å²) in [6.45, 7) is 6.51. The molecule has 4 rings (SSSR count). The molecule has 0 bridgehead atoms. The van der Waals surface area contributed by atoms with E-state index in [2.05, 4.69) is 21.7 Å². The molecule has 2 heterocycles. The Morgan fingerprint density at radius 2 is 1.73 bits per heavy atom. The molecule has 7 heteroatoms. The average molecular weight is 360 g/mol. The van der Waals surface area contributed by atoms with Gasteiger partial charge in [-0.2, -0.15) is 0 Å². The highest BCUT2D eigenvalue weighted by Crippen LogP contribution is 2.36. The Kier molecular flexibility index (Phi) is 5.00. The van der Waals surface area contributed by atoms with Gasteiger partial charge in [-0.05, 0) is 44.9 Å². The Balaban J connectivity index is 1.39. The smallest absolute Gasteiger partial charge is 0.312 e. The fraction of sp³-hybridized carbons (Fsp3) is 0.684. The van der Waals surface area contributed by atoms with E-state index in [0.29, 0.717) is 11.8 Å². The zero-order valence-corrected chi connectivity index (χ0v) is 15.5. The molecule has 0 N–H and O–H groups in total. The van der Waals surface area contributed by atoms with Crippen molar-refractivity contribution in [3.05, 3.63) is 28.3 Å². The highest BCUT2D eigenvalue weighted by atomic mass is 16.6. The lowest BCUT2D eigenvalue weighted by Gasteiger charge is -2.42. The van der Waals surface area contributed by atoms with Crippen LogP contribution in [0.2, 0.25) is 0 Å². The van der Waals surface area contributed by atoms with Gasteiger partial charge in [0.15, 0.2) is 5.75 Å². The van der Waals surface area contributed by atoms with Crippen LogP contribution in [0.15, 0.2) is 18.2 Å². The summed E-state index contributed by atoms with van der Waals surface area (Å²) in [5, 5.41) is 11.4. The van der Waals surface area contributed by atoms with Gasteiger partial charge in [-0.15, -0.1) is 0 Å². The molecule has 26 heavy (non-hydrogen) atoms. The predicted molar refractivity (Wildman–Crippen MR) is 101 cm³/mol. The fourth-order valence-corrected chi connectivity index (χ4v) is 3.99. The summed E-state index contributed by atoms with van der Waals surface area (Å²) in [7, 11) is 2.18. The zero-order chi connectivity index (χ0) is 18.1. The molecule has 0 aromatic heterocycles. The molecular formula is C19H28N4O3. The Hall–Kier alpha value is -1.86. The van der Waals surface area contributed by atoms with Crippen molar-refractivity contribution in [2.45, 2.75) is 37.8 Å². The summed E-state index contributed by atoms with van der Waals surface area (Å²) in [5.41, 5.74) is 1.03. The number of piperidine rings is 1. The third-order valence-corrected chi connectivity index (χ3v) is 5.84. The lowest BCUT2D eigenvalue weighted by molar-refractivity contribution is -0.385. The third-order valence-electron chi connectivity index (χ3n) is 5.84. The van der Waals surface area contributed by atoms with Crippen LogP contribution in [0.3, 0.4) is 0 Å². The molecule has 2 aliphatic heterocycles. The van der Waals surface area contributed by atoms with Gasteiger partial charge in [-0.1, -0.05) is 0 Å². The fourth-order valence-electron chi connectivity index (χ4n) is 3.99. The molecule has 1 aliphatic carbocycles. The molecule has 1 aromatic rings. The van der Waals surface area contributed by atoms with Crippen LogP contribution in [0.25, 0.3) is 0 Å². The monoisotopic (exact) mass is 360 g/mol. The lowest BCUT2D eigenvalue weighted by Crippen LogP contribution is -2.52. The summed E-state index contributed by atoms with van der Waals surface area (Å²) < 4.78 is 5.69. The van der Waals surface area contributed by atoms with Crippen LogP contribution in [0.5, 0.6) is 5.75 Å². The molecule has 2 saturated heterocycles. The second kappa shape index (κ2) is 7.40. The van der Waals surface area contributed by atoms with E-state index in [1.165, 1.54) is 0 Å². The standard InChI is InChI=1S/C19H28N4O3/c1-20-10-12-22(13-11-20)15-6-8-21(9-7-15)16-2-5-19(26-17-3-4-17)18(14-16)23(24)25/h2,5,14-15,17H,3-4,6-13H2,1H3. The highest BCUT2D eigenvalue weighted by molar-refractivity contribution is 5.60. The van der Waals surface area contributed by atoms with Gasteiger partial charge >= 0.3 is 5.69 Å². The van der Waals surface area contributed by atoms with E-state index in [1.54, 1.807) is 12.1 Å². The summed E-state index contributed by atoms with van der Waals surface area (Å²) in [6, 6.07) is 6.08. The topological polar surface area (TPSA) is 62.1 Å². The number of benzene rings is 1. The first kappa shape index (κ1) is 17.5. The molecule has 3 fully saturated rings. The quantitative estimate of drug-likeness (QED) is 0.593. The number of ether oxygens (including phenoxy) is 1. The zero-order valence-electron chi connectivity index (χ0n) is 15.5. The molecule has 0 amide bonds. The van der Waals surface area contributed by atoms with E-state index in [-0.39, 0.29) is 16.7 Å². The lowest BCUT2D eigenvalue weighted by atomic mass is 10.0. The van der Waals surface area contributed by atoms with Crippen molar-refractivity contribution in [1.82, 2.24) is 9.80 Å². The molecule has 3 aliphatic rings. The number of hydrogen-bond donors (Lipinski definition) is 0. The minimum Gasteiger partial charge on any atom is -0.483 e. The average Bonchev–Trinajstić information content (AvgIpc) is 3.47. The van der Waals surface area contributed by atoms with Crippen LogP contribution >= 0.6 is 0 Å². The van der Waals surface area contributed by atoms with Crippen LogP contribution in [0, 0.1) is 10.1 Å². The number of piperazine rings is 1. The van der Waals surface area contributed by atoms with Gasteiger partial charge in [-0.3, -0.25) is 15.0 Å². The summed E-state index contributed by atoms with van der Waals surface area (Å²) >= 11 is 0. The Labute approximate surface area is 154 Å². The minimum atomic E-state index is -0.321. The van der Waals surface area contributed by atoms with Gasteiger partial charge in [0.05, 0.1) is 11.0 Å². The SMILES string of the molecule is CN1CCN(C2CCN(c3ccc(OC4CC4)c([N+](=O)[O-])c3)CC2)CC1. The second-order valence-corrected chi connectivity index (χ2v) is 7.78. The van der Waals surface area contributed by atoms with Crippen molar-refractivity contribution in [3.8, 4) is 5.75 Å². The summed E-state index contributed by atoms with van der Waals surface area (Å²) in [5.74, 6) is 0.411. The molecule has 1 saturated carbocycles. The van der Waals surface area contributed by atoms with Gasteiger partial charge in [0.2, 0.25) is 0 Å². The number of nitro benzene ring substituents is 1.